The monoisotopic (exact) mass is 491 g/mol. The second-order valence-corrected chi connectivity index (χ2v) is 9.19. The first-order valence-electron chi connectivity index (χ1n) is 12.2. The highest BCUT2D eigenvalue weighted by Gasteiger charge is 2.57. The van der Waals surface area contributed by atoms with Crippen molar-refractivity contribution in [2.45, 2.75) is 6.04 Å². The molecule has 184 valence electrons. The molecule has 4 aromatic rings. The number of nitrogens with one attached hydrogen (secondary N) is 3. The van der Waals surface area contributed by atoms with Gasteiger partial charge in [0.25, 0.3) is 11.8 Å². The molecule has 3 atom stereocenters. The molecule has 2 aromatic carbocycles. The number of anilines is 4. The third-order valence-electron chi connectivity index (χ3n) is 6.71. The van der Waals surface area contributed by atoms with Crippen molar-refractivity contribution in [3.05, 3.63) is 103 Å². The van der Waals surface area contributed by atoms with E-state index in [-0.39, 0.29) is 29.7 Å². The van der Waals surface area contributed by atoms with Crippen molar-refractivity contribution >= 4 is 35.0 Å². The Labute approximate surface area is 214 Å². The Morgan fingerprint density at radius 3 is 2.11 bits per heavy atom. The molecule has 3 N–H and O–H groups in total. The number of fused-ring (bicyclic) bond motifs is 1. The van der Waals surface area contributed by atoms with E-state index in [2.05, 4.69) is 30.9 Å². The summed E-state index contributed by atoms with van der Waals surface area (Å²) in [7, 11) is 0. The molecule has 37 heavy (non-hydrogen) atoms. The van der Waals surface area contributed by atoms with E-state index in [9.17, 15) is 9.59 Å². The van der Waals surface area contributed by atoms with Crippen molar-refractivity contribution in [2.24, 2.45) is 11.8 Å². The third kappa shape index (κ3) is 4.97. The van der Waals surface area contributed by atoms with Crippen LogP contribution in [0.1, 0.15) is 21.0 Å². The van der Waals surface area contributed by atoms with E-state index < -0.39 is 0 Å². The normalized spacial score (nSPS) is 19.6. The van der Waals surface area contributed by atoms with Gasteiger partial charge in [-0.15, -0.1) is 0 Å². The standard InChI is InChI=1S/C28H25N7O2/c36-26(22-14-15-29-28(33-22)31-19-10-5-2-6-11-19)34-25-20-16-35(17-21(20)25)27(37)23-12-7-13-24(32-23)30-18-8-3-1-4-9-18/h1-15,20-21,25H,16-17H2,(H,30,32)(H,34,36)(H,29,31,33)/t20-,21?,25+/m1/s1. The van der Waals surface area contributed by atoms with Crippen LogP contribution in [0.3, 0.4) is 0 Å². The van der Waals surface area contributed by atoms with Crippen LogP contribution in [0.15, 0.2) is 91.1 Å². The number of para-hydroxylation sites is 2. The van der Waals surface area contributed by atoms with Gasteiger partial charge in [-0.05, 0) is 42.5 Å². The number of amides is 2. The number of aromatic nitrogens is 3. The van der Waals surface area contributed by atoms with Crippen molar-refractivity contribution in [3.8, 4) is 0 Å². The number of hydrogen-bond acceptors (Lipinski definition) is 7. The first kappa shape index (κ1) is 22.7. The Bertz CT molecular complexity index is 1420. The fraction of sp³-hybridized carbons (Fsp3) is 0.179. The molecule has 2 amide bonds. The average Bonchev–Trinajstić information content (AvgIpc) is 3.36. The van der Waals surface area contributed by atoms with Crippen molar-refractivity contribution < 1.29 is 9.59 Å². The lowest BCUT2D eigenvalue weighted by atomic mass is 10.2. The van der Waals surface area contributed by atoms with Gasteiger partial charge in [-0.1, -0.05) is 42.5 Å². The Morgan fingerprint density at radius 1 is 0.730 bits per heavy atom. The smallest absolute Gasteiger partial charge is 0.272 e. The van der Waals surface area contributed by atoms with Gasteiger partial charge in [-0.3, -0.25) is 9.59 Å². The highest BCUT2D eigenvalue weighted by Crippen LogP contribution is 2.45. The van der Waals surface area contributed by atoms with Crippen molar-refractivity contribution in [1.29, 1.82) is 0 Å². The second kappa shape index (κ2) is 9.69. The van der Waals surface area contributed by atoms with Gasteiger partial charge in [0.05, 0.1) is 0 Å². The molecule has 1 aliphatic heterocycles. The number of carbonyl (C=O) groups is 2. The first-order chi connectivity index (χ1) is 18.1. The molecular formula is C28H25N7O2. The van der Waals surface area contributed by atoms with Gasteiger partial charge in [-0.2, -0.15) is 0 Å². The van der Waals surface area contributed by atoms with Crippen LogP contribution in [-0.4, -0.2) is 50.8 Å². The lowest BCUT2D eigenvalue weighted by Gasteiger charge is -2.20. The van der Waals surface area contributed by atoms with E-state index in [0.29, 0.717) is 36.2 Å². The molecule has 6 rings (SSSR count). The molecule has 2 aliphatic rings. The second-order valence-electron chi connectivity index (χ2n) is 9.19. The summed E-state index contributed by atoms with van der Waals surface area (Å²) < 4.78 is 0. The maximum Gasteiger partial charge on any atom is 0.272 e. The number of piperidine rings is 1. The van der Waals surface area contributed by atoms with Crippen LogP contribution in [0.25, 0.3) is 0 Å². The van der Waals surface area contributed by atoms with E-state index in [4.69, 9.17) is 0 Å². The van der Waals surface area contributed by atoms with Crippen LogP contribution in [0.4, 0.5) is 23.1 Å². The summed E-state index contributed by atoms with van der Waals surface area (Å²) in [5, 5.41) is 9.41. The zero-order valence-electron chi connectivity index (χ0n) is 19.9. The van der Waals surface area contributed by atoms with Gasteiger partial charge >= 0.3 is 0 Å². The quantitative estimate of drug-likeness (QED) is 0.360. The largest absolute Gasteiger partial charge is 0.347 e. The number of rotatable bonds is 7. The maximum absolute atomic E-state index is 13.1. The van der Waals surface area contributed by atoms with Crippen LogP contribution < -0.4 is 16.0 Å². The Kier molecular flexibility index (Phi) is 5.94. The molecule has 3 heterocycles. The zero-order chi connectivity index (χ0) is 25.2. The van der Waals surface area contributed by atoms with E-state index in [0.717, 1.165) is 11.4 Å². The summed E-state index contributed by atoms with van der Waals surface area (Å²) in [6.07, 6.45) is 1.56. The minimum Gasteiger partial charge on any atom is -0.347 e. The summed E-state index contributed by atoms with van der Waals surface area (Å²) in [6.45, 7) is 1.19. The zero-order valence-corrected chi connectivity index (χ0v) is 19.9. The summed E-state index contributed by atoms with van der Waals surface area (Å²) >= 11 is 0. The van der Waals surface area contributed by atoms with E-state index in [1.807, 2.05) is 77.7 Å². The van der Waals surface area contributed by atoms with Gasteiger partial charge in [-0.25, -0.2) is 15.0 Å². The molecule has 1 saturated heterocycles. The molecular weight excluding hydrogens is 466 g/mol. The number of carbonyl (C=O) groups excluding carboxylic acids is 2. The van der Waals surface area contributed by atoms with Crippen LogP contribution >= 0.6 is 0 Å². The average molecular weight is 492 g/mol. The van der Waals surface area contributed by atoms with Crippen molar-refractivity contribution in [1.82, 2.24) is 25.2 Å². The van der Waals surface area contributed by atoms with Gasteiger partial charge in [0.2, 0.25) is 5.95 Å². The van der Waals surface area contributed by atoms with Gasteiger partial charge in [0.15, 0.2) is 0 Å². The van der Waals surface area contributed by atoms with Crippen molar-refractivity contribution in [3.63, 3.8) is 0 Å². The van der Waals surface area contributed by atoms with Gasteiger partial charge in [0.1, 0.15) is 17.2 Å². The van der Waals surface area contributed by atoms with Gasteiger partial charge in [0, 0.05) is 48.5 Å². The highest BCUT2D eigenvalue weighted by molar-refractivity contribution is 5.94. The molecule has 9 heteroatoms. The highest BCUT2D eigenvalue weighted by atomic mass is 16.2. The third-order valence-corrected chi connectivity index (χ3v) is 6.71. The maximum atomic E-state index is 13.1. The van der Waals surface area contributed by atoms with E-state index in [1.165, 1.54) is 0 Å². The Balaban J connectivity index is 1.04. The van der Waals surface area contributed by atoms with Crippen molar-refractivity contribution in [2.75, 3.05) is 23.7 Å². The number of benzene rings is 2. The molecule has 2 fully saturated rings. The minimum atomic E-state index is -0.239. The lowest BCUT2D eigenvalue weighted by Crippen LogP contribution is -2.38. The number of likely N-dealkylation sites (tertiary alicyclic amines) is 1. The van der Waals surface area contributed by atoms with E-state index in [1.54, 1.807) is 18.3 Å². The summed E-state index contributed by atoms with van der Waals surface area (Å²) in [4.78, 5) is 40.8. The molecule has 1 unspecified atom stereocenters. The fourth-order valence-corrected chi connectivity index (χ4v) is 4.78. The summed E-state index contributed by atoms with van der Waals surface area (Å²) in [5.41, 5.74) is 2.46. The van der Waals surface area contributed by atoms with Crippen LogP contribution in [-0.2, 0) is 0 Å². The SMILES string of the molecule is O=C(N[C@@H]1C2CN(C(=O)c3cccc(Nc4ccccc4)n3)C[C@H]21)c1ccnc(Nc2ccccc2)n1. The lowest BCUT2D eigenvalue weighted by molar-refractivity contribution is 0.0763. The summed E-state index contributed by atoms with van der Waals surface area (Å²) in [5.74, 6) is 1.13. The molecule has 2 aromatic heterocycles. The first-order valence-corrected chi connectivity index (χ1v) is 12.2. The summed E-state index contributed by atoms with van der Waals surface area (Å²) in [6, 6.07) is 26.3. The van der Waals surface area contributed by atoms with Gasteiger partial charge < -0.3 is 20.9 Å². The predicted molar refractivity (Wildman–Crippen MR) is 140 cm³/mol. The molecule has 0 bridgehead atoms. The minimum absolute atomic E-state index is 0.0380. The fourth-order valence-electron chi connectivity index (χ4n) is 4.78. The Morgan fingerprint density at radius 2 is 1.41 bits per heavy atom. The molecule has 9 nitrogen and oxygen atoms in total. The topological polar surface area (TPSA) is 112 Å². The molecule has 1 aliphatic carbocycles. The Hall–Kier alpha value is -4.79. The molecule has 1 saturated carbocycles. The van der Waals surface area contributed by atoms with Crippen LogP contribution in [0, 0.1) is 11.8 Å². The van der Waals surface area contributed by atoms with Crippen LogP contribution in [0.2, 0.25) is 0 Å². The number of pyridine rings is 1. The van der Waals surface area contributed by atoms with Crippen LogP contribution in [0.5, 0.6) is 0 Å². The molecule has 0 radical (unpaired) electrons. The molecule has 0 spiro atoms. The predicted octanol–water partition coefficient (Wildman–Crippen LogP) is 3.86. The van der Waals surface area contributed by atoms with E-state index >= 15 is 0 Å². The number of hydrogen-bond donors (Lipinski definition) is 3. The number of nitrogens with zero attached hydrogens (tertiary/aromatic N) is 4.